The molecule has 21 heavy (non-hydrogen) atoms. The molecule has 4 N–H and O–H groups in total. The summed E-state index contributed by atoms with van der Waals surface area (Å²) in [6.45, 7) is 0. The Bertz CT molecular complexity index is 656. The van der Waals surface area contributed by atoms with E-state index in [4.69, 9.17) is 18.1 Å². The highest BCUT2D eigenvalue weighted by molar-refractivity contribution is 7.99. The van der Waals surface area contributed by atoms with Gasteiger partial charge in [-0.15, -0.1) is 0 Å². The molecule has 2 aromatic rings. The van der Waals surface area contributed by atoms with Crippen molar-refractivity contribution >= 4 is 46.8 Å². The summed E-state index contributed by atoms with van der Waals surface area (Å²) < 4.78 is 0. The zero-order chi connectivity index (χ0) is 14.7. The Hall–Kier alpha value is -2.09. The molecule has 0 spiro atoms. The van der Waals surface area contributed by atoms with Crippen molar-refractivity contribution in [2.75, 3.05) is 4.90 Å². The van der Waals surface area contributed by atoms with Gasteiger partial charge in [-0.25, -0.2) is 5.84 Å². The van der Waals surface area contributed by atoms with E-state index in [-0.39, 0.29) is 5.11 Å². The molecule has 0 saturated heterocycles. The van der Waals surface area contributed by atoms with Crippen molar-refractivity contribution in [1.29, 1.82) is 0 Å². The number of hydrazone groups is 1. The Morgan fingerprint density at radius 2 is 1.67 bits per heavy atom. The van der Waals surface area contributed by atoms with E-state index in [0.717, 1.165) is 11.4 Å². The number of hydrazine groups is 1. The number of para-hydroxylation sites is 2. The molecule has 0 atom stereocenters. The number of nitrogens with zero attached hydrogens (tertiary/aromatic N) is 2. The minimum absolute atomic E-state index is 0.263. The number of thiocarbonyl (C=S) groups is 1. The van der Waals surface area contributed by atoms with E-state index in [1.165, 1.54) is 9.79 Å². The van der Waals surface area contributed by atoms with Gasteiger partial charge in [-0.3, -0.25) is 15.8 Å². The maximum absolute atomic E-state index is 5.20. The summed E-state index contributed by atoms with van der Waals surface area (Å²) >= 11 is 6.64. The number of nitrogens with one attached hydrogen (secondary N) is 2. The minimum atomic E-state index is 0.263. The fraction of sp³-hybridized carbons (Fsp3) is 0. The smallest absolute Gasteiger partial charge is 0.201 e. The number of hydrogen-bond donors (Lipinski definition) is 3. The van der Waals surface area contributed by atoms with E-state index in [9.17, 15) is 0 Å². The van der Waals surface area contributed by atoms with E-state index in [1.54, 1.807) is 18.1 Å². The summed E-state index contributed by atoms with van der Waals surface area (Å²) in [7, 11) is 0. The topological polar surface area (TPSA) is 65.7 Å². The van der Waals surface area contributed by atoms with Crippen LogP contribution in [-0.4, -0.2) is 11.5 Å². The number of anilines is 2. The third-order valence-corrected chi connectivity index (χ3v) is 4.28. The van der Waals surface area contributed by atoms with Crippen LogP contribution in [0.3, 0.4) is 0 Å². The molecule has 0 unspecified atom stereocenters. The van der Waals surface area contributed by atoms with Gasteiger partial charge < -0.3 is 0 Å². The Morgan fingerprint density at radius 1 is 1.10 bits per heavy atom. The van der Waals surface area contributed by atoms with Crippen molar-refractivity contribution < 1.29 is 0 Å². The fourth-order valence-electron chi connectivity index (χ4n) is 2.04. The van der Waals surface area contributed by atoms with Crippen LogP contribution in [-0.2, 0) is 0 Å². The van der Waals surface area contributed by atoms with Gasteiger partial charge in [0.1, 0.15) is 6.34 Å². The van der Waals surface area contributed by atoms with E-state index in [1.807, 2.05) is 29.2 Å². The minimum Gasteiger partial charge on any atom is -0.300 e. The molecule has 1 aliphatic heterocycles. The monoisotopic (exact) mass is 315 g/mol. The Morgan fingerprint density at radius 3 is 2.24 bits per heavy atom. The molecule has 1 aliphatic rings. The summed E-state index contributed by atoms with van der Waals surface area (Å²) in [5.41, 5.74) is 7.15. The van der Waals surface area contributed by atoms with E-state index in [0.29, 0.717) is 0 Å². The number of benzene rings is 2. The van der Waals surface area contributed by atoms with Crippen molar-refractivity contribution in [2.24, 2.45) is 10.9 Å². The van der Waals surface area contributed by atoms with E-state index in [2.05, 4.69) is 40.2 Å². The Labute approximate surface area is 132 Å². The molecule has 2 aromatic carbocycles. The first-order chi connectivity index (χ1) is 10.3. The highest BCUT2D eigenvalue weighted by Gasteiger charge is 2.21. The average molecular weight is 315 g/mol. The third kappa shape index (κ3) is 2.85. The highest BCUT2D eigenvalue weighted by atomic mass is 32.2. The summed E-state index contributed by atoms with van der Waals surface area (Å²) in [4.78, 5) is 4.39. The first kappa shape index (κ1) is 13.9. The molecule has 0 amide bonds. The molecule has 0 saturated carbocycles. The standard InChI is InChI=1S/C14H13N5S2/c15-17-14(20)18-16-9-19-10-5-1-3-7-12(10)21-13-8-4-2-6-11(13)19/h1-9H,15H2,(H2,17,18,20)/b16-9+. The number of nitrogens with two attached hydrogens (primary N) is 1. The molecule has 0 aromatic heterocycles. The Kier molecular flexibility index (Phi) is 4.05. The summed E-state index contributed by atoms with van der Waals surface area (Å²) in [6.07, 6.45) is 1.70. The predicted octanol–water partition coefficient (Wildman–Crippen LogP) is 2.57. The van der Waals surface area contributed by atoms with Gasteiger partial charge in [0.05, 0.1) is 11.4 Å². The van der Waals surface area contributed by atoms with Gasteiger partial charge in [-0.1, -0.05) is 36.0 Å². The van der Waals surface area contributed by atoms with Crippen molar-refractivity contribution in [1.82, 2.24) is 10.9 Å². The second-order valence-electron chi connectivity index (χ2n) is 4.24. The number of fused-ring (bicyclic) bond motifs is 2. The second kappa shape index (κ2) is 6.13. The predicted molar refractivity (Wildman–Crippen MR) is 90.7 cm³/mol. The first-order valence-corrected chi connectivity index (χ1v) is 7.47. The van der Waals surface area contributed by atoms with Crippen LogP contribution in [0.4, 0.5) is 11.4 Å². The van der Waals surface area contributed by atoms with Gasteiger partial charge in [-0.2, -0.15) is 5.10 Å². The second-order valence-corrected chi connectivity index (χ2v) is 5.73. The normalized spacial score (nSPS) is 12.7. The van der Waals surface area contributed by atoms with Gasteiger partial charge in [-0.05, 0) is 36.5 Å². The van der Waals surface area contributed by atoms with Crippen molar-refractivity contribution in [3.05, 3.63) is 48.5 Å². The number of hydrogen-bond acceptors (Lipinski definition) is 4. The molecule has 106 valence electrons. The molecule has 0 radical (unpaired) electrons. The van der Waals surface area contributed by atoms with Crippen LogP contribution in [0.25, 0.3) is 0 Å². The van der Waals surface area contributed by atoms with E-state index >= 15 is 0 Å². The van der Waals surface area contributed by atoms with E-state index < -0.39 is 0 Å². The summed E-state index contributed by atoms with van der Waals surface area (Å²) in [5, 5.41) is 4.38. The van der Waals surface area contributed by atoms with Crippen LogP contribution >= 0.6 is 24.0 Å². The summed E-state index contributed by atoms with van der Waals surface area (Å²) in [6, 6.07) is 16.4. The zero-order valence-corrected chi connectivity index (χ0v) is 12.6. The largest absolute Gasteiger partial charge is 0.300 e. The lowest BCUT2D eigenvalue weighted by Gasteiger charge is -2.29. The SMILES string of the molecule is NNC(=S)N/N=C/N1c2ccccc2Sc2ccccc21. The van der Waals surface area contributed by atoms with Crippen LogP contribution in [0.1, 0.15) is 0 Å². The van der Waals surface area contributed by atoms with Crippen molar-refractivity contribution in [3.63, 3.8) is 0 Å². The quantitative estimate of drug-likeness (QED) is 0.260. The lowest BCUT2D eigenvalue weighted by atomic mass is 10.2. The third-order valence-electron chi connectivity index (χ3n) is 2.94. The molecular weight excluding hydrogens is 302 g/mol. The van der Waals surface area contributed by atoms with Gasteiger partial charge in [0, 0.05) is 9.79 Å². The van der Waals surface area contributed by atoms with Crippen molar-refractivity contribution in [2.45, 2.75) is 9.79 Å². The number of rotatable bonds is 2. The van der Waals surface area contributed by atoms with Crippen LogP contribution in [0.15, 0.2) is 63.4 Å². The van der Waals surface area contributed by atoms with Gasteiger partial charge >= 0.3 is 0 Å². The molecule has 3 rings (SSSR count). The van der Waals surface area contributed by atoms with Gasteiger partial charge in [0.25, 0.3) is 0 Å². The maximum Gasteiger partial charge on any atom is 0.201 e. The molecule has 1 heterocycles. The molecular formula is C14H13N5S2. The summed E-state index contributed by atoms with van der Waals surface area (Å²) in [5.74, 6) is 5.20. The molecule has 0 aliphatic carbocycles. The van der Waals surface area contributed by atoms with Crippen molar-refractivity contribution in [3.8, 4) is 0 Å². The first-order valence-electron chi connectivity index (χ1n) is 6.24. The highest BCUT2D eigenvalue weighted by Crippen LogP contribution is 2.47. The zero-order valence-electron chi connectivity index (χ0n) is 11.0. The molecule has 7 heteroatoms. The molecule has 5 nitrogen and oxygen atoms in total. The average Bonchev–Trinajstić information content (AvgIpc) is 2.54. The lowest BCUT2D eigenvalue weighted by Crippen LogP contribution is -2.37. The Balaban J connectivity index is 1.97. The lowest BCUT2D eigenvalue weighted by molar-refractivity contribution is 0.927. The molecule has 0 bridgehead atoms. The van der Waals surface area contributed by atoms with Crippen LogP contribution in [0.2, 0.25) is 0 Å². The fourth-order valence-corrected chi connectivity index (χ4v) is 3.16. The van der Waals surface area contributed by atoms with Gasteiger partial charge in [0.15, 0.2) is 0 Å². The van der Waals surface area contributed by atoms with Gasteiger partial charge in [0.2, 0.25) is 5.11 Å². The maximum atomic E-state index is 5.20. The van der Waals surface area contributed by atoms with Crippen LogP contribution in [0.5, 0.6) is 0 Å². The van der Waals surface area contributed by atoms with Crippen LogP contribution in [0, 0.1) is 0 Å². The molecule has 0 fully saturated rings. The van der Waals surface area contributed by atoms with Crippen LogP contribution < -0.4 is 21.6 Å².